The summed E-state index contributed by atoms with van der Waals surface area (Å²) in [6.07, 6.45) is 17.5. The van der Waals surface area contributed by atoms with E-state index in [1.54, 1.807) is 0 Å². The summed E-state index contributed by atoms with van der Waals surface area (Å²) >= 11 is 0. The number of hydrogen-bond acceptors (Lipinski definition) is 2. The Bertz CT molecular complexity index is 416. The topological polar surface area (TPSA) is 60.9 Å². The van der Waals surface area contributed by atoms with Crippen molar-refractivity contribution in [3.8, 4) is 0 Å². The molecule has 0 radical (unpaired) electrons. The van der Waals surface area contributed by atoms with E-state index in [2.05, 4.69) is 25.1 Å². The molecule has 0 aliphatic rings. The number of rotatable bonds is 14. The minimum Gasteiger partial charge on any atom is -0.370 e. The van der Waals surface area contributed by atoms with Gasteiger partial charge in [0.25, 0.3) is 0 Å². The Morgan fingerprint density at radius 3 is 2.22 bits per heavy atom. The highest BCUT2D eigenvalue weighted by atomic mass is 16.1. The van der Waals surface area contributed by atoms with Crippen molar-refractivity contribution in [1.82, 2.24) is 9.78 Å². The second-order valence-electron chi connectivity index (χ2n) is 6.65. The maximum atomic E-state index is 10.9. The van der Waals surface area contributed by atoms with Crippen LogP contribution in [0.25, 0.3) is 0 Å². The number of primary amides is 1. The van der Waals surface area contributed by atoms with E-state index in [0.717, 1.165) is 0 Å². The van der Waals surface area contributed by atoms with E-state index in [0.29, 0.717) is 18.9 Å². The highest BCUT2D eigenvalue weighted by Crippen LogP contribution is 2.28. The molecule has 0 saturated heterocycles. The van der Waals surface area contributed by atoms with E-state index in [4.69, 9.17) is 5.73 Å². The van der Waals surface area contributed by atoms with E-state index in [-0.39, 0.29) is 5.91 Å². The van der Waals surface area contributed by atoms with Crippen molar-refractivity contribution in [3.63, 3.8) is 0 Å². The predicted molar refractivity (Wildman–Crippen MR) is 96.3 cm³/mol. The molecule has 4 heteroatoms. The van der Waals surface area contributed by atoms with Crippen molar-refractivity contribution in [1.29, 1.82) is 0 Å². The molecule has 2 N–H and O–H groups in total. The number of amides is 1. The highest BCUT2D eigenvalue weighted by Gasteiger charge is 2.13. The van der Waals surface area contributed by atoms with E-state index in [1.165, 1.54) is 69.8 Å². The average molecular weight is 322 g/mol. The van der Waals surface area contributed by atoms with E-state index in [9.17, 15) is 4.79 Å². The van der Waals surface area contributed by atoms with Crippen LogP contribution in [-0.2, 0) is 11.3 Å². The molecule has 0 bridgehead atoms. The standard InChI is InChI=1S/C19H35N3O/c1-3-5-7-9-11-17(12-10-8-6-4-2)18-15-21-22(16-18)14-13-19(20)23/h15-17H,3-14H2,1-2H3,(H2,20,23). The molecule has 132 valence electrons. The van der Waals surface area contributed by atoms with Crippen LogP contribution in [0.3, 0.4) is 0 Å². The third kappa shape index (κ3) is 8.77. The lowest BCUT2D eigenvalue weighted by Gasteiger charge is -2.15. The molecule has 4 nitrogen and oxygen atoms in total. The normalized spacial score (nSPS) is 11.3. The van der Waals surface area contributed by atoms with Gasteiger partial charge in [0, 0.05) is 19.2 Å². The fourth-order valence-corrected chi connectivity index (χ4v) is 3.05. The van der Waals surface area contributed by atoms with Crippen LogP contribution in [0.5, 0.6) is 0 Å². The molecular formula is C19H35N3O. The summed E-state index contributed by atoms with van der Waals surface area (Å²) in [6.45, 7) is 5.10. The zero-order valence-corrected chi connectivity index (χ0v) is 15.1. The van der Waals surface area contributed by atoms with Crippen molar-refractivity contribution in [2.45, 2.75) is 96.9 Å². The molecule has 0 aliphatic heterocycles. The fraction of sp³-hybridized carbons (Fsp3) is 0.789. The van der Waals surface area contributed by atoms with Gasteiger partial charge in [-0.1, -0.05) is 65.2 Å². The van der Waals surface area contributed by atoms with Gasteiger partial charge < -0.3 is 5.73 Å². The van der Waals surface area contributed by atoms with Gasteiger partial charge in [-0.05, 0) is 24.3 Å². The van der Waals surface area contributed by atoms with Crippen molar-refractivity contribution in [2.24, 2.45) is 5.73 Å². The van der Waals surface area contributed by atoms with Gasteiger partial charge in [0.1, 0.15) is 0 Å². The summed E-state index contributed by atoms with van der Waals surface area (Å²) < 4.78 is 1.87. The fourth-order valence-electron chi connectivity index (χ4n) is 3.05. The molecule has 1 aromatic heterocycles. The van der Waals surface area contributed by atoms with Crippen LogP contribution in [0.15, 0.2) is 12.4 Å². The molecule has 0 unspecified atom stereocenters. The zero-order valence-electron chi connectivity index (χ0n) is 15.1. The van der Waals surface area contributed by atoms with E-state index in [1.807, 2.05) is 10.9 Å². The minimum absolute atomic E-state index is 0.266. The molecule has 1 heterocycles. The Hall–Kier alpha value is -1.32. The smallest absolute Gasteiger partial charge is 0.219 e. The van der Waals surface area contributed by atoms with Gasteiger partial charge in [-0.3, -0.25) is 9.48 Å². The monoisotopic (exact) mass is 321 g/mol. The lowest BCUT2D eigenvalue weighted by molar-refractivity contribution is -0.118. The van der Waals surface area contributed by atoms with Gasteiger partial charge >= 0.3 is 0 Å². The highest BCUT2D eigenvalue weighted by molar-refractivity contribution is 5.73. The quantitative estimate of drug-likeness (QED) is 0.501. The van der Waals surface area contributed by atoms with Crippen molar-refractivity contribution in [2.75, 3.05) is 0 Å². The summed E-state index contributed by atoms with van der Waals surface area (Å²) in [4.78, 5) is 10.9. The molecule has 1 aromatic rings. The summed E-state index contributed by atoms with van der Waals surface area (Å²) in [5.74, 6) is 0.351. The molecule has 0 atom stereocenters. The molecular weight excluding hydrogens is 286 g/mol. The Balaban J connectivity index is 2.52. The van der Waals surface area contributed by atoms with Crippen LogP contribution < -0.4 is 5.73 Å². The van der Waals surface area contributed by atoms with Crippen LogP contribution in [0, 0.1) is 0 Å². The van der Waals surface area contributed by atoms with Crippen molar-refractivity contribution < 1.29 is 4.79 Å². The van der Waals surface area contributed by atoms with Gasteiger partial charge in [-0.2, -0.15) is 5.10 Å². The molecule has 0 saturated carbocycles. The molecule has 1 rings (SSSR count). The maximum Gasteiger partial charge on any atom is 0.219 e. The maximum absolute atomic E-state index is 10.9. The molecule has 0 fully saturated rings. The number of nitrogens with zero attached hydrogens (tertiary/aromatic N) is 2. The number of unbranched alkanes of at least 4 members (excludes halogenated alkanes) is 6. The molecule has 1 amide bonds. The summed E-state index contributed by atoms with van der Waals surface area (Å²) in [7, 11) is 0. The Kier molecular flexibility index (Phi) is 10.4. The third-order valence-corrected chi connectivity index (χ3v) is 4.52. The second kappa shape index (κ2) is 12.1. The first-order chi connectivity index (χ1) is 11.2. The van der Waals surface area contributed by atoms with Crippen molar-refractivity contribution in [3.05, 3.63) is 18.0 Å². The van der Waals surface area contributed by atoms with Gasteiger partial charge in [0.05, 0.1) is 6.20 Å². The van der Waals surface area contributed by atoms with Gasteiger partial charge in [-0.25, -0.2) is 0 Å². The number of hydrogen-bond donors (Lipinski definition) is 1. The Morgan fingerprint density at radius 2 is 1.70 bits per heavy atom. The van der Waals surface area contributed by atoms with E-state index < -0.39 is 0 Å². The Labute approximate surface area is 141 Å². The number of aryl methyl sites for hydroxylation is 1. The number of carbonyl (C=O) groups excluding carboxylic acids is 1. The first-order valence-corrected chi connectivity index (χ1v) is 9.48. The van der Waals surface area contributed by atoms with Crippen LogP contribution in [0.2, 0.25) is 0 Å². The first-order valence-electron chi connectivity index (χ1n) is 9.48. The first kappa shape index (κ1) is 19.7. The van der Waals surface area contributed by atoms with Gasteiger partial charge in [-0.15, -0.1) is 0 Å². The number of nitrogens with two attached hydrogens (primary N) is 1. The van der Waals surface area contributed by atoms with Crippen LogP contribution in [-0.4, -0.2) is 15.7 Å². The zero-order chi connectivity index (χ0) is 16.9. The van der Waals surface area contributed by atoms with E-state index >= 15 is 0 Å². The average Bonchev–Trinajstić information content (AvgIpc) is 3.00. The number of aromatic nitrogens is 2. The molecule has 0 aromatic carbocycles. The van der Waals surface area contributed by atoms with Crippen LogP contribution in [0.1, 0.15) is 96.0 Å². The second-order valence-corrected chi connectivity index (χ2v) is 6.65. The Morgan fingerprint density at radius 1 is 1.09 bits per heavy atom. The van der Waals surface area contributed by atoms with Crippen LogP contribution >= 0.6 is 0 Å². The summed E-state index contributed by atoms with van der Waals surface area (Å²) in [5.41, 5.74) is 6.55. The summed E-state index contributed by atoms with van der Waals surface area (Å²) in [6, 6.07) is 0. The molecule has 23 heavy (non-hydrogen) atoms. The minimum atomic E-state index is -0.266. The molecule has 0 spiro atoms. The predicted octanol–water partition coefficient (Wildman–Crippen LogP) is 4.78. The van der Waals surface area contributed by atoms with Crippen molar-refractivity contribution >= 4 is 5.91 Å². The van der Waals surface area contributed by atoms with Gasteiger partial charge in [0.2, 0.25) is 5.91 Å². The summed E-state index contributed by atoms with van der Waals surface area (Å²) in [5, 5.41) is 4.41. The third-order valence-electron chi connectivity index (χ3n) is 4.52. The number of carbonyl (C=O) groups is 1. The van der Waals surface area contributed by atoms with Crippen LogP contribution in [0.4, 0.5) is 0 Å². The molecule has 0 aliphatic carbocycles. The lowest BCUT2D eigenvalue weighted by atomic mass is 9.90. The SMILES string of the molecule is CCCCCCC(CCCCCC)c1cnn(CCC(N)=O)c1. The van der Waals surface area contributed by atoms with Gasteiger partial charge in [0.15, 0.2) is 0 Å². The lowest BCUT2D eigenvalue weighted by Crippen LogP contribution is -2.14. The largest absolute Gasteiger partial charge is 0.370 e.